The van der Waals surface area contributed by atoms with Crippen molar-refractivity contribution in [1.82, 2.24) is 14.8 Å². The molecule has 2 aromatic rings. The van der Waals surface area contributed by atoms with Crippen LogP contribution in [-0.2, 0) is 21.8 Å². The molecule has 0 spiro atoms. The lowest BCUT2D eigenvalue weighted by Gasteiger charge is -2.28. The van der Waals surface area contributed by atoms with E-state index in [-0.39, 0.29) is 6.10 Å². The Labute approximate surface area is 116 Å². The van der Waals surface area contributed by atoms with Crippen molar-refractivity contribution in [2.24, 2.45) is 0 Å². The fourth-order valence-corrected chi connectivity index (χ4v) is 2.33. The predicted octanol–water partition coefficient (Wildman–Crippen LogP) is 2.22. The van der Waals surface area contributed by atoms with Gasteiger partial charge in [-0.25, -0.2) is 9.67 Å². The molecule has 2 atom stereocenters. The van der Waals surface area contributed by atoms with Crippen LogP contribution < -0.4 is 0 Å². The zero-order valence-corrected chi connectivity index (χ0v) is 11.2. The largest absolute Gasteiger partial charge is 0.342 e. The molecule has 0 radical (unpaired) electrons. The Morgan fingerprint density at radius 1 is 1.42 bits per heavy atom. The number of nitrogens with zero attached hydrogens (tertiary/aromatic N) is 3. The van der Waals surface area contributed by atoms with Gasteiger partial charge in [0.15, 0.2) is 0 Å². The molecule has 1 saturated heterocycles. The third-order valence-corrected chi connectivity index (χ3v) is 3.32. The average molecular weight is 280 g/mol. The summed E-state index contributed by atoms with van der Waals surface area (Å²) in [6.07, 6.45) is 3.18. The van der Waals surface area contributed by atoms with E-state index in [1.165, 1.54) is 6.33 Å². The number of benzene rings is 1. The Kier molecular flexibility index (Phi) is 3.26. The molecule has 0 amide bonds. The number of ether oxygens (including phenoxy) is 2. The van der Waals surface area contributed by atoms with Crippen LogP contribution in [0.15, 0.2) is 36.9 Å². The molecule has 100 valence electrons. The highest BCUT2D eigenvalue weighted by Crippen LogP contribution is 2.36. The van der Waals surface area contributed by atoms with Gasteiger partial charge in [0.25, 0.3) is 0 Å². The van der Waals surface area contributed by atoms with E-state index < -0.39 is 5.79 Å². The van der Waals surface area contributed by atoms with Crippen molar-refractivity contribution in [3.05, 3.63) is 47.5 Å². The van der Waals surface area contributed by atoms with Gasteiger partial charge in [0.1, 0.15) is 19.2 Å². The minimum Gasteiger partial charge on any atom is -0.342 e. The first-order valence-electron chi connectivity index (χ1n) is 6.08. The van der Waals surface area contributed by atoms with E-state index in [0.717, 1.165) is 5.56 Å². The van der Waals surface area contributed by atoms with Gasteiger partial charge >= 0.3 is 0 Å². The highest BCUT2D eigenvalue weighted by Gasteiger charge is 2.42. The molecule has 1 fully saturated rings. The molecule has 1 aliphatic rings. The van der Waals surface area contributed by atoms with Crippen LogP contribution in [0.3, 0.4) is 0 Å². The van der Waals surface area contributed by atoms with Crippen molar-refractivity contribution in [3.63, 3.8) is 0 Å². The molecule has 19 heavy (non-hydrogen) atoms. The Morgan fingerprint density at radius 2 is 2.21 bits per heavy atom. The van der Waals surface area contributed by atoms with Crippen LogP contribution in [0.5, 0.6) is 0 Å². The molecule has 3 rings (SSSR count). The smallest absolute Gasteiger partial charge is 0.215 e. The molecule has 2 unspecified atom stereocenters. The maximum Gasteiger partial charge on any atom is 0.215 e. The second kappa shape index (κ2) is 4.92. The molecule has 5 nitrogen and oxygen atoms in total. The SMILES string of the molecule is CC1COC(Cn2cncn2)(c2ccc(Cl)cc2)O1. The third kappa shape index (κ3) is 2.49. The number of halogens is 1. The van der Waals surface area contributed by atoms with E-state index in [1.54, 1.807) is 11.0 Å². The molecule has 1 aromatic carbocycles. The minimum absolute atomic E-state index is 0.0409. The summed E-state index contributed by atoms with van der Waals surface area (Å²) in [5.74, 6) is -0.822. The number of aromatic nitrogens is 3. The van der Waals surface area contributed by atoms with Gasteiger partial charge in [-0.1, -0.05) is 23.7 Å². The fraction of sp³-hybridized carbons (Fsp3) is 0.385. The lowest BCUT2D eigenvalue weighted by Crippen LogP contribution is -2.33. The Morgan fingerprint density at radius 3 is 2.79 bits per heavy atom. The molecular formula is C13H14ClN3O2. The van der Waals surface area contributed by atoms with Crippen molar-refractivity contribution in [2.75, 3.05) is 6.61 Å². The fourth-order valence-electron chi connectivity index (χ4n) is 2.20. The molecule has 1 aliphatic heterocycles. The minimum atomic E-state index is -0.822. The molecular weight excluding hydrogens is 266 g/mol. The molecule has 0 bridgehead atoms. The van der Waals surface area contributed by atoms with Crippen LogP contribution in [0.25, 0.3) is 0 Å². The predicted molar refractivity (Wildman–Crippen MR) is 69.7 cm³/mol. The van der Waals surface area contributed by atoms with E-state index in [2.05, 4.69) is 10.1 Å². The Bertz CT molecular complexity index is 544. The van der Waals surface area contributed by atoms with Crippen molar-refractivity contribution in [1.29, 1.82) is 0 Å². The standard InChI is InChI=1S/C13H14ClN3O2/c1-10-6-18-13(19-10,7-17-9-15-8-16-17)11-2-4-12(14)5-3-11/h2-5,8-10H,6-7H2,1H3. The number of hydrogen-bond acceptors (Lipinski definition) is 4. The van der Waals surface area contributed by atoms with Gasteiger partial charge < -0.3 is 9.47 Å². The molecule has 0 aliphatic carbocycles. The van der Waals surface area contributed by atoms with Crippen LogP contribution in [0.4, 0.5) is 0 Å². The van der Waals surface area contributed by atoms with Gasteiger partial charge in [0.05, 0.1) is 12.7 Å². The van der Waals surface area contributed by atoms with Crippen LogP contribution in [0, 0.1) is 0 Å². The van der Waals surface area contributed by atoms with Crippen LogP contribution in [0.2, 0.25) is 5.02 Å². The van der Waals surface area contributed by atoms with E-state index in [4.69, 9.17) is 21.1 Å². The number of rotatable bonds is 3. The lowest BCUT2D eigenvalue weighted by molar-refractivity contribution is -0.186. The second-order valence-corrected chi connectivity index (χ2v) is 5.03. The first-order valence-corrected chi connectivity index (χ1v) is 6.46. The first-order chi connectivity index (χ1) is 9.18. The third-order valence-electron chi connectivity index (χ3n) is 3.06. The van der Waals surface area contributed by atoms with Gasteiger partial charge in [0, 0.05) is 10.6 Å². The Hall–Kier alpha value is -1.43. The normalized spacial score (nSPS) is 26.7. The zero-order valence-electron chi connectivity index (χ0n) is 10.5. The maximum atomic E-state index is 5.99. The highest BCUT2D eigenvalue weighted by atomic mass is 35.5. The van der Waals surface area contributed by atoms with Crippen molar-refractivity contribution >= 4 is 11.6 Å². The molecule has 2 heterocycles. The summed E-state index contributed by atoms with van der Waals surface area (Å²) >= 11 is 5.93. The highest BCUT2D eigenvalue weighted by molar-refractivity contribution is 6.30. The van der Waals surface area contributed by atoms with E-state index in [1.807, 2.05) is 31.2 Å². The van der Waals surface area contributed by atoms with Crippen LogP contribution in [-0.4, -0.2) is 27.5 Å². The zero-order chi connectivity index (χ0) is 13.3. The average Bonchev–Trinajstić information content (AvgIpc) is 3.01. The van der Waals surface area contributed by atoms with Crippen molar-refractivity contribution < 1.29 is 9.47 Å². The molecule has 1 aromatic heterocycles. The van der Waals surface area contributed by atoms with Gasteiger partial charge in [0.2, 0.25) is 5.79 Å². The van der Waals surface area contributed by atoms with Crippen LogP contribution in [0.1, 0.15) is 12.5 Å². The summed E-state index contributed by atoms with van der Waals surface area (Å²) in [7, 11) is 0. The monoisotopic (exact) mass is 279 g/mol. The summed E-state index contributed by atoms with van der Waals surface area (Å²) in [5, 5.41) is 4.80. The maximum absolute atomic E-state index is 5.99. The number of hydrogen-bond donors (Lipinski definition) is 0. The molecule has 6 heteroatoms. The molecule has 0 saturated carbocycles. The summed E-state index contributed by atoms with van der Waals surface area (Å²) < 4.78 is 13.6. The topological polar surface area (TPSA) is 49.2 Å². The second-order valence-electron chi connectivity index (χ2n) is 4.59. The van der Waals surface area contributed by atoms with Gasteiger partial charge in [-0.2, -0.15) is 5.10 Å². The molecule has 0 N–H and O–H groups in total. The summed E-state index contributed by atoms with van der Waals surface area (Å²) in [6.45, 7) is 3.00. The summed E-state index contributed by atoms with van der Waals surface area (Å²) in [5.41, 5.74) is 0.928. The lowest BCUT2D eigenvalue weighted by atomic mass is 10.1. The van der Waals surface area contributed by atoms with Gasteiger partial charge in [-0.15, -0.1) is 0 Å². The van der Waals surface area contributed by atoms with Crippen LogP contribution >= 0.6 is 11.6 Å². The summed E-state index contributed by atoms with van der Waals surface area (Å²) in [6, 6.07) is 7.49. The van der Waals surface area contributed by atoms with E-state index in [9.17, 15) is 0 Å². The van der Waals surface area contributed by atoms with Gasteiger partial charge in [-0.3, -0.25) is 0 Å². The van der Waals surface area contributed by atoms with E-state index >= 15 is 0 Å². The summed E-state index contributed by atoms with van der Waals surface area (Å²) in [4.78, 5) is 3.94. The van der Waals surface area contributed by atoms with E-state index in [0.29, 0.717) is 18.2 Å². The quantitative estimate of drug-likeness (QED) is 0.864. The van der Waals surface area contributed by atoms with Crippen molar-refractivity contribution in [3.8, 4) is 0 Å². The van der Waals surface area contributed by atoms with Gasteiger partial charge in [-0.05, 0) is 19.1 Å². The first kappa shape index (κ1) is 12.6. The Balaban J connectivity index is 1.95. The van der Waals surface area contributed by atoms with Crippen molar-refractivity contribution in [2.45, 2.75) is 25.4 Å².